The third kappa shape index (κ3) is 2.64. The number of benzene rings is 2. The number of rotatable bonds is 2. The zero-order chi connectivity index (χ0) is 16.7. The summed E-state index contributed by atoms with van der Waals surface area (Å²) in [5.41, 5.74) is 1.13. The molecular formula is C18H13BrN2OS2. The molecule has 2 heterocycles. The number of hydrogen-bond acceptors (Lipinski definition) is 3. The van der Waals surface area contributed by atoms with E-state index in [0.717, 1.165) is 20.6 Å². The summed E-state index contributed by atoms with van der Waals surface area (Å²) in [5, 5.41) is 2.41. The minimum atomic E-state index is -0.191. The molecule has 0 aliphatic carbocycles. The second-order valence-corrected chi connectivity index (χ2v) is 8.73. The van der Waals surface area contributed by atoms with E-state index in [2.05, 4.69) is 56.7 Å². The fourth-order valence-corrected chi connectivity index (χ4v) is 5.26. The first kappa shape index (κ1) is 15.7. The lowest BCUT2D eigenvalue weighted by atomic mass is 10.1. The maximum absolute atomic E-state index is 12.5. The first-order valence-corrected chi connectivity index (χ1v) is 9.95. The summed E-state index contributed by atoms with van der Waals surface area (Å²) in [6.45, 7) is 2.85. The van der Waals surface area contributed by atoms with E-state index in [1.807, 2.05) is 18.2 Å². The third-order valence-electron chi connectivity index (χ3n) is 3.87. The van der Waals surface area contributed by atoms with E-state index in [1.54, 1.807) is 17.4 Å². The Morgan fingerprint density at radius 3 is 2.71 bits per heavy atom. The summed E-state index contributed by atoms with van der Waals surface area (Å²) in [5.74, 6) is -0.191. The smallest absolute Gasteiger partial charge is 0.289 e. The Morgan fingerprint density at radius 1 is 1.12 bits per heavy atom. The van der Waals surface area contributed by atoms with Crippen molar-refractivity contribution in [3.05, 3.63) is 62.0 Å². The minimum Gasteiger partial charge on any atom is -0.317 e. The highest BCUT2D eigenvalue weighted by atomic mass is 79.9. The molecule has 0 atom stereocenters. The molecule has 0 unspecified atom stereocenters. The Balaban J connectivity index is 1.96. The van der Waals surface area contributed by atoms with Crippen molar-refractivity contribution in [2.45, 2.75) is 13.5 Å². The number of carbonyl (C=O) groups is 1. The van der Waals surface area contributed by atoms with Crippen LogP contribution in [0.3, 0.4) is 0 Å². The minimum absolute atomic E-state index is 0.191. The van der Waals surface area contributed by atoms with Gasteiger partial charge in [-0.1, -0.05) is 41.7 Å². The summed E-state index contributed by atoms with van der Waals surface area (Å²) in [4.78, 5) is 18.2. The van der Waals surface area contributed by atoms with E-state index in [0.29, 0.717) is 4.88 Å². The number of aryl methyl sites for hydroxylation is 1. The number of nitrogens with zero attached hydrogens (tertiary/aromatic N) is 2. The summed E-state index contributed by atoms with van der Waals surface area (Å²) in [6, 6.07) is 16.2. The van der Waals surface area contributed by atoms with Crippen molar-refractivity contribution >= 4 is 65.5 Å². The van der Waals surface area contributed by atoms with Gasteiger partial charge in [-0.05, 0) is 46.4 Å². The second-order valence-electron chi connectivity index (χ2n) is 5.28. The lowest BCUT2D eigenvalue weighted by Crippen LogP contribution is -2.15. The van der Waals surface area contributed by atoms with Crippen LogP contribution in [0.4, 0.5) is 0 Å². The molecule has 4 aromatic rings. The SMILES string of the molecule is CCn1c(=NC(=O)c2ccc(Br)s2)sc2c3ccccc3ccc21. The van der Waals surface area contributed by atoms with Gasteiger partial charge in [0, 0.05) is 11.9 Å². The van der Waals surface area contributed by atoms with E-state index in [9.17, 15) is 4.79 Å². The van der Waals surface area contributed by atoms with Gasteiger partial charge >= 0.3 is 0 Å². The van der Waals surface area contributed by atoms with Crippen LogP contribution in [-0.2, 0) is 6.54 Å². The molecule has 24 heavy (non-hydrogen) atoms. The third-order valence-corrected chi connectivity index (χ3v) is 6.61. The number of amides is 1. The molecule has 2 aromatic carbocycles. The molecular weight excluding hydrogens is 404 g/mol. The number of carbonyl (C=O) groups excluding carboxylic acids is 1. The summed E-state index contributed by atoms with van der Waals surface area (Å²) in [6.07, 6.45) is 0. The molecule has 0 saturated heterocycles. The zero-order valence-corrected chi connectivity index (χ0v) is 16.0. The van der Waals surface area contributed by atoms with Gasteiger partial charge in [0.05, 0.1) is 18.9 Å². The van der Waals surface area contributed by atoms with Crippen molar-refractivity contribution < 1.29 is 4.79 Å². The van der Waals surface area contributed by atoms with Gasteiger partial charge in [0.1, 0.15) is 0 Å². The first-order chi connectivity index (χ1) is 11.7. The van der Waals surface area contributed by atoms with Crippen LogP contribution in [0.15, 0.2) is 57.3 Å². The predicted molar refractivity (Wildman–Crippen MR) is 105 cm³/mol. The number of hydrogen-bond donors (Lipinski definition) is 0. The van der Waals surface area contributed by atoms with Crippen molar-refractivity contribution in [1.82, 2.24) is 4.57 Å². The lowest BCUT2D eigenvalue weighted by Gasteiger charge is -2.02. The van der Waals surface area contributed by atoms with Crippen LogP contribution < -0.4 is 4.80 Å². The van der Waals surface area contributed by atoms with Crippen LogP contribution in [0.2, 0.25) is 0 Å². The monoisotopic (exact) mass is 416 g/mol. The highest BCUT2D eigenvalue weighted by molar-refractivity contribution is 9.11. The van der Waals surface area contributed by atoms with Gasteiger partial charge in [0.25, 0.3) is 5.91 Å². The maximum atomic E-state index is 12.5. The number of fused-ring (bicyclic) bond motifs is 3. The fraction of sp³-hybridized carbons (Fsp3) is 0.111. The van der Waals surface area contributed by atoms with E-state index in [1.165, 1.54) is 26.8 Å². The number of thiophene rings is 1. The zero-order valence-electron chi connectivity index (χ0n) is 12.8. The molecule has 6 heteroatoms. The molecule has 4 rings (SSSR count). The van der Waals surface area contributed by atoms with Crippen molar-refractivity contribution in [2.75, 3.05) is 0 Å². The van der Waals surface area contributed by atoms with Crippen LogP contribution in [0.1, 0.15) is 16.6 Å². The normalized spacial score (nSPS) is 12.3. The Hall–Kier alpha value is -1.76. The molecule has 0 bridgehead atoms. The molecule has 0 fully saturated rings. The Kier molecular flexibility index (Phi) is 4.12. The van der Waals surface area contributed by atoms with Gasteiger partial charge < -0.3 is 4.57 Å². The Morgan fingerprint density at radius 2 is 1.96 bits per heavy atom. The topological polar surface area (TPSA) is 34.4 Å². The van der Waals surface area contributed by atoms with Gasteiger partial charge in [-0.25, -0.2) is 0 Å². The van der Waals surface area contributed by atoms with Crippen LogP contribution in [-0.4, -0.2) is 10.5 Å². The van der Waals surface area contributed by atoms with E-state index in [4.69, 9.17) is 0 Å². The fourth-order valence-electron chi connectivity index (χ4n) is 2.76. The molecule has 1 amide bonds. The van der Waals surface area contributed by atoms with E-state index in [-0.39, 0.29) is 5.91 Å². The molecule has 2 aromatic heterocycles. The van der Waals surface area contributed by atoms with Gasteiger partial charge in [-0.3, -0.25) is 4.79 Å². The lowest BCUT2D eigenvalue weighted by molar-refractivity contribution is 0.100. The molecule has 120 valence electrons. The van der Waals surface area contributed by atoms with Gasteiger partial charge in [0.15, 0.2) is 4.80 Å². The molecule has 3 nitrogen and oxygen atoms in total. The highest BCUT2D eigenvalue weighted by Gasteiger charge is 2.11. The molecule has 0 saturated carbocycles. The Labute approximate surface area is 155 Å². The number of halogens is 1. The summed E-state index contributed by atoms with van der Waals surface area (Å²) in [7, 11) is 0. The number of aromatic nitrogens is 1. The first-order valence-electron chi connectivity index (χ1n) is 7.53. The summed E-state index contributed by atoms with van der Waals surface area (Å²) >= 11 is 6.37. The van der Waals surface area contributed by atoms with E-state index >= 15 is 0 Å². The van der Waals surface area contributed by atoms with Crippen molar-refractivity contribution in [3.63, 3.8) is 0 Å². The molecule has 0 radical (unpaired) electrons. The highest BCUT2D eigenvalue weighted by Crippen LogP contribution is 2.28. The van der Waals surface area contributed by atoms with Crippen molar-refractivity contribution in [2.24, 2.45) is 4.99 Å². The van der Waals surface area contributed by atoms with Crippen LogP contribution in [0, 0.1) is 0 Å². The van der Waals surface area contributed by atoms with Gasteiger partial charge in [0.2, 0.25) is 0 Å². The maximum Gasteiger partial charge on any atom is 0.289 e. The summed E-state index contributed by atoms with van der Waals surface area (Å²) < 4.78 is 4.22. The molecule has 0 aliphatic rings. The average Bonchev–Trinajstić information content (AvgIpc) is 3.18. The standard InChI is InChI=1S/C18H13BrN2OS2/c1-2-21-13-8-7-11-5-3-4-6-12(11)16(13)24-18(21)20-17(22)14-9-10-15(19)23-14/h3-10H,2H2,1H3. The molecule has 0 N–H and O–H groups in total. The quantitative estimate of drug-likeness (QED) is 0.428. The molecule has 0 aliphatic heterocycles. The average molecular weight is 417 g/mol. The largest absolute Gasteiger partial charge is 0.317 e. The predicted octanol–water partition coefficient (Wildman–Crippen LogP) is 5.44. The van der Waals surface area contributed by atoms with Gasteiger partial charge in [-0.2, -0.15) is 4.99 Å². The van der Waals surface area contributed by atoms with Crippen LogP contribution in [0.5, 0.6) is 0 Å². The number of thiazole rings is 1. The van der Waals surface area contributed by atoms with Crippen molar-refractivity contribution in [3.8, 4) is 0 Å². The van der Waals surface area contributed by atoms with Crippen LogP contribution >= 0.6 is 38.6 Å². The van der Waals surface area contributed by atoms with Crippen molar-refractivity contribution in [1.29, 1.82) is 0 Å². The van der Waals surface area contributed by atoms with E-state index < -0.39 is 0 Å². The van der Waals surface area contributed by atoms with Crippen LogP contribution in [0.25, 0.3) is 21.0 Å². The Bertz CT molecular complexity index is 1140. The molecule has 0 spiro atoms. The second kappa shape index (κ2) is 6.27. The van der Waals surface area contributed by atoms with Gasteiger partial charge in [-0.15, -0.1) is 11.3 Å².